The summed E-state index contributed by atoms with van der Waals surface area (Å²) < 4.78 is 20.4. The first-order chi connectivity index (χ1) is 17.2. The van der Waals surface area contributed by atoms with Gasteiger partial charge in [-0.2, -0.15) is 0 Å². The number of fused-ring (bicyclic) bond motifs is 2. The molecule has 2 saturated heterocycles. The Labute approximate surface area is 207 Å². The van der Waals surface area contributed by atoms with Crippen LogP contribution >= 0.6 is 0 Å². The van der Waals surface area contributed by atoms with E-state index in [1.807, 2.05) is 24.3 Å². The molecule has 3 heterocycles. The van der Waals surface area contributed by atoms with Gasteiger partial charge in [0.2, 0.25) is 0 Å². The molecular weight excluding hydrogens is 437 g/mol. The average molecular weight is 472 g/mol. The largest absolute Gasteiger partial charge is 0.487 e. The fraction of sp³-hybridized carbons (Fsp3) is 0.400. The summed E-state index contributed by atoms with van der Waals surface area (Å²) >= 11 is 0. The molecule has 3 aliphatic rings. The van der Waals surface area contributed by atoms with Crippen LogP contribution in [0.4, 0.5) is 21.5 Å². The van der Waals surface area contributed by atoms with Crippen molar-refractivity contribution < 1.29 is 9.13 Å². The van der Waals surface area contributed by atoms with Crippen LogP contribution in [0.25, 0.3) is 0 Å². The standard InChI is InChI=1S/C30H34FN3O/c31-25-12-11-24-22-35-30-8-2-1-7-28(30)34(29(24)20-25)21-27-6-5-18-33(27)19-15-23-9-13-26(14-10-23)32-16-3-4-17-32/h1-2,7-14,20,27H,3-6,15-19,21-22H2. The van der Waals surface area contributed by atoms with E-state index in [4.69, 9.17) is 4.74 Å². The third kappa shape index (κ3) is 4.74. The van der Waals surface area contributed by atoms with Gasteiger partial charge in [-0.3, -0.25) is 4.90 Å². The number of anilines is 3. The van der Waals surface area contributed by atoms with Crippen molar-refractivity contribution in [2.24, 2.45) is 0 Å². The number of hydrogen-bond donors (Lipinski definition) is 0. The van der Waals surface area contributed by atoms with Gasteiger partial charge in [-0.1, -0.05) is 30.3 Å². The summed E-state index contributed by atoms with van der Waals surface area (Å²) in [4.78, 5) is 7.40. The van der Waals surface area contributed by atoms with Crippen LogP contribution in [0.2, 0.25) is 0 Å². The second-order valence-corrected chi connectivity index (χ2v) is 10.1. The van der Waals surface area contributed by atoms with Gasteiger partial charge in [0.05, 0.1) is 11.4 Å². The van der Waals surface area contributed by atoms with E-state index in [1.165, 1.54) is 49.7 Å². The molecule has 1 atom stereocenters. The van der Waals surface area contributed by atoms with Crippen LogP contribution in [0.15, 0.2) is 66.7 Å². The van der Waals surface area contributed by atoms with E-state index < -0.39 is 0 Å². The van der Waals surface area contributed by atoms with Crippen LogP contribution in [0.3, 0.4) is 0 Å². The van der Waals surface area contributed by atoms with E-state index >= 15 is 0 Å². The van der Waals surface area contributed by atoms with Gasteiger partial charge in [0.15, 0.2) is 0 Å². The molecule has 4 nitrogen and oxygen atoms in total. The van der Waals surface area contributed by atoms with Crippen LogP contribution in [0.1, 0.15) is 36.8 Å². The van der Waals surface area contributed by atoms with Gasteiger partial charge in [-0.15, -0.1) is 0 Å². The van der Waals surface area contributed by atoms with Crippen molar-refractivity contribution >= 4 is 17.1 Å². The Bertz CT molecular complexity index is 1160. The average Bonchev–Trinajstić information content (AvgIpc) is 3.56. The molecule has 0 saturated carbocycles. The van der Waals surface area contributed by atoms with Gasteiger partial charge in [-0.05, 0) is 80.6 Å². The zero-order valence-corrected chi connectivity index (χ0v) is 20.3. The highest BCUT2D eigenvalue weighted by atomic mass is 19.1. The molecule has 0 radical (unpaired) electrons. The van der Waals surface area contributed by atoms with Crippen LogP contribution in [0.5, 0.6) is 5.75 Å². The lowest BCUT2D eigenvalue weighted by molar-refractivity contribution is 0.261. The first kappa shape index (κ1) is 22.4. The third-order valence-corrected chi connectivity index (χ3v) is 7.87. The van der Waals surface area contributed by atoms with Gasteiger partial charge in [0.1, 0.15) is 18.2 Å². The maximum atomic E-state index is 14.3. The summed E-state index contributed by atoms with van der Waals surface area (Å²) in [5.41, 5.74) is 5.75. The Morgan fingerprint density at radius 1 is 0.857 bits per heavy atom. The minimum Gasteiger partial charge on any atom is -0.487 e. The molecule has 2 fully saturated rings. The van der Waals surface area contributed by atoms with Gasteiger partial charge in [0, 0.05) is 43.5 Å². The lowest BCUT2D eigenvalue weighted by Gasteiger charge is -2.32. The molecule has 0 amide bonds. The Hall–Kier alpha value is -3.05. The Morgan fingerprint density at radius 3 is 2.54 bits per heavy atom. The smallest absolute Gasteiger partial charge is 0.143 e. The lowest BCUT2D eigenvalue weighted by atomic mass is 10.1. The second-order valence-electron chi connectivity index (χ2n) is 10.1. The van der Waals surface area contributed by atoms with Crippen molar-refractivity contribution in [3.8, 4) is 5.75 Å². The molecular formula is C30H34FN3O. The fourth-order valence-electron chi connectivity index (χ4n) is 5.92. The van der Waals surface area contributed by atoms with E-state index in [-0.39, 0.29) is 5.82 Å². The van der Waals surface area contributed by atoms with E-state index in [9.17, 15) is 4.39 Å². The summed E-state index contributed by atoms with van der Waals surface area (Å²) in [6, 6.07) is 22.9. The molecule has 182 valence electrons. The predicted octanol–water partition coefficient (Wildman–Crippen LogP) is 6.16. The summed E-state index contributed by atoms with van der Waals surface area (Å²) in [6.45, 7) is 5.85. The van der Waals surface area contributed by atoms with Crippen LogP contribution in [-0.4, -0.2) is 43.7 Å². The number of para-hydroxylation sites is 2. The fourth-order valence-corrected chi connectivity index (χ4v) is 5.92. The topological polar surface area (TPSA) is 19.0 Å². The zero-order valence-electron chi connectivity index (χ0n) is 20.3. The molecule has 35 heavy (non-hydrogen) atoms. The number of benzene rings is 3. The number of rotatable bonds is 6. The zero-order chi connectivity index (χ0) is 23.6. The normalized spacial score (nSPS) is 19.9. The highest BCUT2D eigenvalue weighted by Crippen LogP contribution is 2.40. The Kier molecular flexibility index (Phi) is 6.34. The summed E-state index contributed by atoms with van der Waals surface area (Å²) in [5.74, 6) is 0.667. The molecule has 0 bridgehead atoms. The Balaban J connectivity index is 1.18. The van der Waals surface area contributed by atoms with E-state index in [0.717, 1.165) is 55.2 Å². The third-order valence-electron chi connectivity index (χ3n) is 7.87. The maximum absolute atomic E-state index is 14.3. The van der Waals surface area contributed by atoms with E-state index in [1.54, 1.807) is 6.07 Å². The number of hydrogen-bond acceptors (Lipinski definition) is 4. The minimum absolute atomic E-state index is 0.200. The highest BCUT2D eigenvalue weighted by molar-refractivity contribution is 5.73. The summed E-state index contributed by atoms with van der Waals surface area (Å²) in [7, 11) is 0. The monoisotopic (exact) mass is 471 g/mol. The van der Waals surface area contributed by atoms with Crippen molar-refractivity contribution in [3.63, 3.8) is 0 Å². The van der Waals surface area contributed by atoms with Crippen molar-refractivity contribution in [1.82, 2.24) is 4.90 Å². The quantitative estimate of drug-likeness (QED) is 0.428. The number of likely N-dealkylation sites (tertiary alicyclic amines) is 1. The number of nitrogens with zero attached hydrogens (tertiary/aromatic N) is 3. The summed E-state index contributed by atoms with van der Waals surface area (Å²) in [6.07, 6.45) is 6.05. The van der Waals surface area contributed by atoms with Crippen molar-refractivity contribution in [3.05, 3.63) is 83.7 Å². The first-order valence-electron chi connectivity index (χ1n) is 13.1. The molecule has 5 heteroatoms. The molecule has 0 N–H and O–H groups in total. The maximum Gasteiger partial charge on any atom is 0.143 e. The van der Waals surface area contributed by atoms with Crippen molar-refractivity contribution in [2.45, 2.75) is 44.8 Å². The SMILES string of the molecule is Fc1ccc2c(c1)N(CC1CCCN1CCc1ccc(N3CCCC3)cc1)c1ccccc1OC2. The summed E-state index contributed by atoms with van der Waals surface area (Å²) in [5, 5.41) is 0. The first-order valence-corrected chi connectivity index (χ1v) is 13.1. The molecule has 3 aromatic rings. The molecule has 0 aliphatic carbocycles. The van der Waals surface area contributed by atoms with Gasteiger partial charge in [0.25, 0.3) is 0 Å². The molecule has 0 aromatic heterocycles. The van der Waals surface area contributed by atoms with Crippen molar-refractivity contribution in [1.29, 1.82) is 0 Å². The molecule has 6 rings (SSSR count). The molecule has 1 unspecified atom stereocenters. The van der Waals surface area contributed by atoms with Gasteiger partial charge < -0.3 is 14.5 Å². The predicted molar refractivity (Wildman–Crippen MR) is 140 cm³/mol. The van der Waals surface area contributed by atoms with Crippen LogP contribution in [-0.2, 0) is 13.0 Å². The van der Waals surface area contributed by atoms with Gasteiger partial charge in [-0.25, -0.2) is 4.39 Å². The van der Waals surface area contributed by atoms with Crippen LogP contribution in [0, 0.1) is 5.82 Å². The van der Waals surface area contributed by atoms with E-state index in [0.29, 0.717) is 12.6 Å². The minimum atomic E-state index is -0.200. The molecule has 3 aromatic carbocycles. The number of halogens is 1. The molecule has 3 aliphatic heterocycles. The highest BCUT2D eigenvalue weighted by Gasteiger charge is 2.30. The van der Waals surface area contributed by atoms with E-state index in [2.05, 4.69) is 45.0 Å². The molecule has 0 spiro atoms. The van der Waals surface area contributed by atoms with Gasteiger partial charge >= 0.3 is 0 Å². The van der Waals surface area contributed by atoms with Crippen LogP contribution < -0.4 is 14.5 Å². The van der Waals surface area contributed by atoms with Crippen molar-refractivity contribution in [2.75, 3.05) is 42.5 Å². The Morgan fingerprint density at radius 2 is 1.69 bits per heavy atom. The second kappa shape index (κ2) is 9.90. The number of ether oxygens (including phenoxy) is 1. The lowest BCUT2D eigenvalue weighted by Crippen LogP contribution is -2.39.